The summed E-state index contributed by atoms with van der Waals surface area (Å²) in [5.41, 5.74) is 0.928. The highest BCUT2D eigenvalue weighted by atomic mass is 16.4. The van der Waals surface area contributed by atoms with Crippen LogP contribution >= 0.6 is 0 Å². The first-order valence-electron chi connectivity index (χ1n) is 6.23. The summed E-state index contributed by atoms with van der Waals surface area (Å²) in [6.07, 6.45) is 4.37. The molecule has 0 aliphatic carbocycles. The predicted molar refractivity (Wildman–Crippen MR) is 69.6 cm³/mol. The predicted octanol–water partition coefficient (Wildman–Crippen LogP) is 1.92. The van der Waals surface area contributed by atoms with Gasteiger partial charge in [-0.25, -0.2) is 4.79 Å². The largest absolute Gasteiger partial charge is 0.481 e. The molecule has 1 atom stereocenters. The zero-order chi connectivity index (χ0) is 14.3. The molecule has 19 heavy (non-hydrogen) atoms. The molecule has 0 bridgehead atoms. The third-order valence-corrected chi connectivity index (χ3v) is 2.86. The van der Waals surface area contributed by atoms with Crippen LogP contribution in [0.1, 0.15) is 25.3 Å². The van der Waals surface area contributed by atoms with Crippen molar-refractivity contribution in [3.63, 3.8) is 0 Å². The summed E-state index contributed by atoms with van der Waals surface area (Å²) < 4.78 is 4.93. The van der Waals surface area contributed by atoms with Crippen LogP contribution in [0.25, 0.3) is 0 Å². The Labute approximate surface area is 112 Å². The minimum absolute atomic E-state index is 0.177. The zero-order valence-electron chi connectivity index (χ0n) is 11.3. The zero-order valence-corrected chi connectivity index (χ0v) is 11.3. The van der Waals surface area contributed by atoms with Crippen LogP contribution in [-0.2, 0) is 11.3 Å². The van der Waals surface area contributed by atoms with Crippen LogP contribution in [-0.4, -0.2) is 35.6 Å². The van der Waals surface area contributed by atoms with Gasteiger partial charge in [-0.2, -0.15) is 0 Å². The Bertz CT molecular complexity index is 403. The number of nitrogens with one attached hydrogen (secondary N) is 1. The number of urea groups is 1. The highest BCUT2D eigenvalue weighted by Gasteiger charge is 2.11. The van der Waals surface area contributed by atoms with Crippen LogP contribution in [0, 0.1) is 5.92 Å². The summed E-state index contributed by atoms with van der Waals surface area (Å²) in [6, 6.07) is 1.63. The van der Waals surface area contributed by atoms with E-state index in [1.807, 2.05) is 0 Å². The van der Waals surface area contributed by atoms with Crippen LogP contribution < -0.4 is 5.32 Å². The molecule has 1 unspecified atom stereocenters. The lowest BCUT2D eigenvalue weighted by Gasteiger charge is -2.17. The highest BCUT2D eigenvalue weighted by molar-refractivity contribution is 5.73. The second-order valence-electron chi connectivity index (χ2n) is 4.60. The fraction of sp³-hybridized carbons (Fsp3) is 0.538. The van der Waals surface area contributed by atoms with Crippen molar-refractivity contribution in [2.45, 2.75) is 26.3 Å². The second kappa shape index (κ2) is 7.45. The maximum Gasteiger partial charge on any atom is 0.317 e. The molecule has 0 aromatic carbocycles. The molecule has 6 nitrogen and oxygen atoms in total. The third-order valence-electron chi connectivity index (χ3n) is 2.86. The fourth-order valence-electron chi connectivity index (χ4n) is 1.59. The number of carboxylic acids is 1. The summed E-state index contributed by atoms with van der Waals surface area (Å²) >= 11 is 0. The SMILES string of the molecule is CC(CCCNC(=O)N(C)Cc1ccoc1)C(=O)O. The van der Waals surface area contributed by atoms with Crippen molar-refractivity contribution >= 4 is 12.0 Å². The number of carbonyl (C=O) groups excluding carboxylic acids is 1. The van der Waals surface area contributed by atoms with E-state index in [2.05, 4.69) is 5.32 Å². The number of aliphatic carboxylic acids is 1. The molecule has 0 spiro atoms. The van der Waals surface area contributed by atoms with Gasteiger partial charge in [-0.15, -0.1) is 0 Å². The second-order valence-corrected chi connectivity index (χ2v) is 4.60. The molecule has 1 aromatic rings. The first kappa shape index (κ1) is 15.1. The number of amides is 2. The van der Waals surface area contributed by atoms with Gasteiger partial charge in [-0.05, 0) is 18.9 Å². The first-order chi connectivity index (χ1) is 9.00. The van der Waals surface area contributed by atoms with E-state index < -0.39 is 5.97 Å². The molecule has 0 saturated carbocycles. The van der Waals surface area contributed by atoms with E-state index in [1.165, 1.54) is 0 Å². The normalized spacial score (nSPS) is 11.9. The number of hydrogen-bond donors (Lipinski definition) is 2. The van der Waals surface area contributed by atoms with Crippen molar-refractivity contribution in [1.82, 2.24) is 10.2 Å². The van der Waals surface area contributed by atoms with E-state index >= 15 is 0 Å². The molecule has 2 amide bonds. The van der Waals surface area contributed by atoms with Gasteiger partial charge in [0.1, 0.15) is 0 Å². The van der Waals surface area contributed by atoms with Crippen LogP contribution in [0.5, 0.6) is 0 Å². The van der Waals surface area contributed by atoms with Gasteiger partial charge in [0.05, 0.1) is 25.0 Å². The number of furan rings is 1. The number of nitrogens with zero attached hydrogens (tertiary/aromatic N) is 1. The first-order valence-corrected chi connectivity index (χ1v) is 6.23. The maximum atomic E-state index is 11.7. The van der Waals surface area contributed by atoms with E-state index in [4.69, 9.17) is 9.52 Å². The summed E-state index contributed by atoms with van der Waals surface area (Å²) in [5, 5.41) is 11.5. The number of carboxylic acid groups (broad SMARTS) is 1. The lowest BCUT2D eigenvalue weighted by Crippen LogP contribution is -2.37. The molecule has 1 aromatic heterocycles. The number of carbonyl (C=O) groups is 2. The number of rotatable bonds is 7. The van der Waals surface area contributed by atoms with Gasteiger partial charge in [0, 0.05) is 19.2 Å². The Morgan fingerprint density at radius 2 is 2.26 bits per heavy atom. The summed E-state index contributed by atoms with van der Waals surface area (Å²) in [4.78, 5) is 23.9. The van der Waals surface area contributed by atoms with Crippen LogP contribution in [0.3, 0.4) is 0 Å². The van der Waals surface area contributed by atoms with Gasteiger partial charge in [0.25, 0.3) is 0 Å². The van der Waals surface area contributed by atoms with Crippen molar-refractivity contribution in [3.8, 4) is 0 Å². The molecule has 6 heteroatoms. The van der Waals surface area contributed by atoms with Crippen molar-refractivity contribution < 1.29 is 19.1 Å². The molecular formula is C13H20N2O4. The topological polar surface area (TPSA) is 82.8 Å². The quantitative estimate of drug-likeness (QED) is 0.740. The minimum atomic E-state index is -0.802. The molecule has 0 radical (unpaired) electrons. The van der Waals surface area contributed by atoms with Crippen LogP contribution in [0.2, 0.25) is 0 Å². The molecule has 0 fully saturated rings. The average Bonchev–Trinajstić information content (AvgIpc) is 2.86. The molecule has 0 aliphatic rings. The minimum Gasteiger partial charge on any atom is -0.481 e. The molecule has 1 rings (SSSR count). The van der Waals surface area contributed by atoms with Crippen molar-refractivity contribution in [3.05, 3.63) is 24.2 Å². The molecule has 0 aliphatic heterocycles. The van der Waals surface area contributed by atoms with Gasteiger partial charge in [0.15, 0.2) is 0 Å². The van der Waals surface area contributed by atoms with E-state index in [-0.39, 0.29) is 11.9 Å². The summed E-state index contributed by atoms with van der Waals surface area (Å²) in [7, 11) is 1.70. The van der Waals surface area contributed by atoms with Gasteiger partial charge < -0.3 is 19.7 Å². The Morgan fingerprint density at radius 1 is 1.53 bits per heavy atom. The Morgan fingerprint density at radius 3 is 2.84 bits per heavy atom. The number of hydrogen-bond acceptors (Lipinski definition) is 3. The van der Waals surface area contributed by atoms with Crippen LogP contribution in [0.15, 0.2) is 23.0 Å². The van der Waals surface area contributed by atoms with Gasteiger partial charge >= 0.3 is 12.0 Å². The maximum absolute atomic E-state index is 11.7. The van der Waals surface area contributed by atoms with E-state index in [0.717, 1.165) is 5.56 Å². The smallest absolute Gasteiger partial charge is 0.317 e. The van der Waals surface area contributed by atoms with Crippen molar-refractivity contribution in [2.75, 3.05) is 13.6 Å². The molecule has 106 valence electrons. The average molecular weight is 268 g/mol. The lowest BCUT2D eigenvalue weighted by atomic mass is 10.1. The molecular weight excluding hydrogens is 248 g/mol. The van der Waals surface area contributed by atoms with Gasteiger partial charge in [-0.1, -0.05) is 6.92 Å². The Balaban J connectivity index is 2.18. The monoisotopic (exact) mass is 268 g/mol. The van der Waals surface area contributed by atoms with Crippen LogP contribution in [0.4, 0.5) is 4.79 Å². The van der Waals surface area contributed by atoms with Crippen molar-refractivity contribution in [2.24, 2.45) is 5.92 Å². The van der Waals surface area contributed by atoms with Gasteiger partial charge in [-0.3, -0.25) is 4.79 Å². The van der Waals surface area contributed by atoms with E-state index in [1.54, 1.807) is 37.5 Å². The van der Waals surface area contributed by atoms with E-state index in [9.17, 15) is 9.59 Å². The third kappa shape index (κ3) is 5.46. The fourth-order valence-corrected chi connectivity index (χ4v) is 1.59. The molecule has 2 N–H and O–H groups in total. The molecule has 1 heterocycles. The Hall–Kier alpha value is -1.98. The summed E-state index contributed by atoms with van der Waals surface area (Å²) in [5.74, 6) is -1.18. The Kier molecular flexibility index (Phi) is 5.92. The van der Waals surface area contributed by atoms with E-state index in [0.29, 0.717) is 25.9 Å². The molecule has 0 saturated heterocycles. The lowest BCUT2D eigenvalue weighted by molar-refractivity contribution is -0.141. The highest BCUT2D eigenvalue weighted by Crippen LogP contribution is 2.05. The van der Waals surface area contributed by atoms with Gasteiger partial charge in [0.2, 0.25) is 0 Å². The van der Waals surface area contributed by atoms with Crippen molar-refractivity contribution in [1.29, 1.82) is 0 Å². The summed E-state index contributed by atoms with van der Waals surface area (Å²) in [6.45, 7) is 2.62. The standard InChI is InChI=1S/C13H20N2O4/c1-10(12(16)17)4-3-6-14-13(18)15(2)8-11-5-7-19-9-11/h5,7,9-10H,3-4,6,8H2,1-2H3,(H,14,18)(H,16,17).